The molecule has 0 spiro atoms. The van der Waals surface area contributed by atoms with Gasteiger partial charge in [0.1, 0.15) is 11.8 Å². The average Bonchev–Trinajstić information content (AvgIpc) is 3.36. The summed E-state index contributed by atoms with van der Waals surface area (Å²) in [6, 6.07) is 9.23. The number of aryl methyl sites for hydroxylation is 2. The molecule has 1 unspecified atom stereocenters. The molecule has 136 valence electrons. The van der Waals surface area contributed by atoms with Crippen LogP contribution >= 0.6 is 11.3 Å². The minimum absolute atomic E-state index is 0.162. The summed E-state index contributed by atoms with van der Waals surface area (Å²) in [7, 11) is 0. The molecule has 3 aromatic rings. The summed E-state index contributed by atoms with van der Waals surface area (Å²) >= 11 is 1.59. The Morgan fingerprint density at radius 1 is 1.23 bits per heavy atom. The summed E-state index contributed by atoms with van der Waals surface area (Å²) in [4.78, 5) is 25.1. The smallest absolute Gasteiger partial charge is 0.309 e. The zero-order valence-corrected chi connectivity index (χ0v) is 15.4. The highest BCUT2D eigenvalue weighted by Crippen LogP contribution is 2.24. The number of thiophene rings is 1. The van der Waals surface area contributed by atoms with E-state index < -0.39 is 11.8 Å². The van der Waals surface area contributed by atoms with Crippen LogP contribution in [0.2, 0.25) is 0 Å². The zero-order chi connectivity index (χ0) is 18.5. The first-order valence-electron chi connectivity index (χ1n) is 8.19. The fourth-order valence-electron chi connectivity index (χ4n) is 2.68. The molecule has 0 radical (unpaired) electrons. The lowest BCUT2D eigenvalue weighted by molar-refractivity contribution is -0.139. The van der Waals surface area contributed by atoms with E-state index in [-0.39, 0.29) is 19.1 Å². The van der Waals surface area contributed by atoms with Gasteiger partial charge in [-0.15, -0.1) is 11.3 Å². The van der Waals surface area contributed by atoms with Crippen molar-refractivity contribution in [3.63, 3.8) is 0 Å². The Bertz CT molecular complexity index is 869. The number of nitrogens with one attached hydrogen (secondary N) is 2. The second-order valence-electron chi connectivity index (χ2n) is 5.87. The van der Waals surface area contributed by atoms with Gasteiger partial charge in [0, 0.05) is 17.1 Å². The van der Waals surface area contributed by atoms with Crippen LogP contribution in [0.15, 0.2) is 46.4 Å². The van der Waals surface area contributed by atoms with Crippen molar-refractivity contribution in [1.29, 1.82) is 0 Å². The molecule has 0 saturated heterocycles. The van der Waals surface area contributed by atoms with Crippen LogP contribution in [0.3, 0.4) is 0 Å². The molecule has 8 heteroatoms. The Morgan fingerprint density at radius 3 is 2.65 bits per heavy atom. The third kappa shape index (κ3) is 4.20. The summed E-state index contributed by atoms with van der Waals surface area (Å²) in [5.74, 6) is -0.787. The molecule has 26 heavy (non-hydrogen) atoms. The lowest BCUT2D eigenvalue weighted by Gasteiger charge is -2.18. The van der Waals surface area contributed by atoms with Crippen molar-refractivity contribution in [3.05, 3.63) is 64.0 Å². The van der Waals surface area contributed by atoms with Gasteiger partial charge in [-0.05, 0) is 43.5 Å². The first-order chi connectivity index (χ1) is 12.5. The van der Waals surface area contributed by atoms with Gasteiger partial charge in [0.2, 0.25) is 0 Å². The van der Waals surface area contributed by atoms with Crippen molar-refractivity contribution >= 4 is 23.2 Å². The summed E-state index contributed by atoms with van der Waals surface area (Å²) in [5.41, 5.74) is 1.91. The maximum Gasteiger partial charge on any atom is 0.309 e. The van der Waals surface area contributed by atoms with Crippen molar-refractivity contribution in [3.8, 4) is 0 Å². The fourth-order valence-corrected chi connectivity index (χ4v) is 3.49. The highest BCUT2D eigenvalue weighted by Gasteiger charge is 2.21. The van der Waals surface area contributed by atoms with Crippen LogP contribution in [-0.2, 0) is 16.1 Å². The molecule has 0 fully saturated rings. The normalized spacial score (nSPS) is 11.9. The number of carbonyl (C=O) groups excluding carboxylic acids is 2. The number of hydrogen-bond acceptors (Lipinski definition) is 5. The molecule has 0 saturated carbocycles. The molecule has 0 aliphatic carbocycles. The lowest BCUT2D eigenvalue weighted by atomic mass is 10.2. The summed E-state index contributed by atoms with van der Waals surface area (Å²) in [5, 5.41) is 11.7. The summed E-state index contributed by atoms with van der Waals surface area (Å²) in [6.07, 6.45) is 1.52. The third-order valence-electron chi connectivity index (χ3n) is 3.88. The zero-order valence-electron chi connectivity index (χ0n) is 14.6. The number of rotatable bonds is 6. The van der Waals surface area contributed by atoms with Gasteiger partial charge < -0.3 is 15.1 Å². The molecule has 0 bridgehead atoms. The Morgan fingerprint density at radius 2 is 2.04 bits per heavy atom. The standard InChI is InChI=1S/C18H20N4O3S/c1-12-9-13(2)22(21-12)15(16-6-4-8-26-16)11-20-18(24)17(23)19-10-14-5-3-7-25-14/h3-9,15H,10-11H2,1-2H3,(H,19,23)(H,20,24). The third-order valence-corrected chi connectivity index (χ3v) is 4.85. The molecular weight excluding hydrogens is 352 g/mol. The van der Waals surface area contributed by atoms with E-state index in [9.17, 15) is 9.59 Å². The second-order valence-corrected chi connectivity index (χ2v) is 6.85. The molecule has 0 aliphatic rings. The predicted octanol–water partition coefficient (Wildman–Crippen LogP) is 2.18. The molecule has 3 heterocycles. The maximum absolute atomic E-state index is 12.1. The van der Waals surface area contributed by atoms with E-state index in [1.54, 1.807) is 23.5 Å². The number of carbonyl (C=O) groups is 2. The van der Waals surface area contributed by atoms with Crippen LogP contribution in [-0.4, -0.2) is 28.1 Å². The van der Waals surface area contributed by atoms with Crippen molar-refractivity contribution in [2.24, 2.45) is 0 Å². The molecule has 1 atom stereocenters. The SMILES string of the molecule is Cc1cc(C)n(C(CNC(=O)C(=O)NCc2ccco2)c2cccs2)n1. The van der Waals surface area contributed by atoms with E-state index in [0.29, 0.717) is 5.76 Å². The van der Waals surface area contributed by atoms with Crippen molar-refractivity contribution in [2.45, 2.75) is 26.4 Å². The Kier molecular flexibility index (Phi) is 5.52. The predicted molar refractivity (Wildman–Crippen MR) is 97.7 cm³/mol. The highest BCUT2D eigenvalue weighted by molar-refractivity contribution is 7.10. The first-order valence-corrected chi connectivity index (χ1v) is 9.07. The van der Waals surface area contributed by atoms with E-state index >= 15 is 0 Å². The number of nitrogens with zero attached hydrogens (tertiary/aromatic N) is 2. The minimum Gasteiger partial charge on any atom is -0.467 e. The van der Waals surface area contributed by atoms with Crippen LogP contribution in [0.5, 0.6) is 0 Å². The van der Waals surface area contributed by atoms with Crippen LogP contribution in [0, 0.1) is 13.8 Å². The molecular formula is C18H20N4O3S. The van der Waals surface area contributed by atoms with Gasteiger partial charge in [0.05, 0.1) is 18.5 Å². The summed E-state index contributed by atoms with van der Waals surface area (Å²) in [6.45, 7) is 4.34. The lowest BCUT2D eigenvalue weighted by Crippen LogP contribution is -2.42. The fraction of sp³-hybridized carbons (Fsp3) is 0.278. The van der Waals surface area contributed by atoms with Gasteiger partial charge in [0.25, 0.3) is 0 Å². The largest absolute Gasteiger partial charge is 0.467 e. The Balaban J connectivity index is 1.63. The number of hydrogen-bond donors (Lipinski definition) is 2. The van der Waals surface area contributed by atoms with Gasteiger partial charge in [0.15, 0.2) is 0 Å². The van der Waals surface area contributed by atoms with Crippen LogP contribution in [0.25, 0.3) is 0 Å². The molecule has 0 aliphatic heterocycles. The number of furan rings is 1. The van der Waals surface area contributed by atoms with Crippen molar-refractivity contribution < 1.29 is 14.0 Å². The van der Waals surface area contributed by atoms with Crippen LogP contribution < -0.4 is 10.6 Å². The van der Waals surface area contributed by atoms with Crippen LogP contribution in [0.4, 0.5) is 0 Å². The molecule has 3 aromatic heterocycles. The Labute approximate surface area is 155 Å². The first kappa shape index (κ1) is 17.9. The van der Waals surface area contributed by atoms with Gasteiger partial charge in [-0.2, -0.15) is 5.10 Å². The number of amides is 2. The van der Waals surface area contributed by atoms with E-state index in [2.05, 4.69) is 15.7 Å². The topological polar surface area (TPSA) is 89.2 Å². The molecule has 7 nitrogen and oxygen atoms in total. The van der Waals surface area contributed by atoms with Gasteiger partial charge >= 0.3 is 11.8 Å². The monoisotopic (exact) mass is 372 g/mol. The maximum atomic E-state index is 12.1. The minimum atomic E-state index is -0.695. The van der Waals surface area contributed by atoms with E-state index in [0.717, 1.165) is 16.3 Å². The molecule has 2 amide bonds. The van der Waals surface area contributed by atoms with Crippen molar-refractivity contribution in [1.82, 2.24) is 20.4 Å². The van der Waals surface area contributed by atoms with Gasteiger partial charge in [-0.1, -0.05) is 6.07 Å². The molecule has 2 N–H and O–H groups in total. The molecule has 0 aromatic carbocycles. The Hall–Kier alpha value is -2.87. The average molecular weight is 372 g/mol. The summed E-state index contributed by atoms with van der Waals surface area (Å²) < 4.78 is 7.00. The van der Waals surface area contributed by atoms with Crippen molar-refractivity contribution in [2.75, 3.05) is 6.54 Å². The van der Waals surface area contributed by atoms with E-state index in [4.69, 9.17) is 4.42 Å². The van der Waals surface area contributed by atoms with E-state index in [1.165, 1.54) is 6.26 Å². The van der Waals surface area contributed by atoms with Gasteiger partial charge in [-0.25, -0.2) is 0 Å². The second kappa shape index (κ2) is 8.01. The van der Waals surface area contributed by atoms with E-state index in [1.807, 2.05) is 42.1 Å². The van der Waals surface area contributed by atoms with Gasteiger partial charge in [-0.3, -0.25) is 14.3 Å². The molecule has 3 rings (SSSR count). The van der Waals surface area contributed by atoms with Crippen LogP contribution in [0.1, 0.15) is 28.1 Å². The quantitative estimate of drug-likeness (QED) is 0.649. The highest BCUT2D eigenvalue weighted by atomic mass is 32.1. The number of aromatic nitrogens is 2.